The summed E-state index contributed by atoms with van der Waals surface area (Å²) in [5, 5.41) is 3.00. The number of amides is 2. The molecule has 0 spiro atoms. The van der Waals surface area contributed by atoms with Gasteiger partial charge in [0.25, 0.3) is 5.91 Å². The van der Waals surface area contributed by atoms with Crippen LogP contribution in [0, 0.1) is 0 Å². The van der Waals surface area contributed by atoms with Crippen LogP contribution in [0.15, 0.2) is 60.7 Å². The third kappa shape index (κ3) is 7.34. The summed E-state index contributed by atoms with van der Waals surface area (Å²) in [5.41, 5.74) is 7.77. The molecule has 0 bridgehead atoms. The zero-order valence-corrected chi connectivity index (χ0v) is 22.5. The number of nitrogens with one attached hydrogen (secondary N) is 1. The van der Waals surface area contributed by atoms with Gasteiger partial charge in [-0.1, -0.05) is 60.7 Å². The second-order valence-electron chi connectivity index (χ2n) is 10.8. The molecule has 0 radical (unpaired) electrons. The zero-order chi connectivity index (χ0) is 26.5. The van der Waals surface area contributed by atoms with Gasteiger partial charge < -0.3 is 20.7 Å². The molecule has 1 aliphatic heterocycles. The number of ether oxygens (including phenoxy) is 1. The SMILES string of the molecule is CC(C)(C)NC(=O)[C@H]1N(C(=O)[C@@H](OC(=O)Cc2ccccc2)[C@@H](N)Cc2ccccc2)CSC1(C)C. The van der Waals surface area contributed by atoms with E-state index >= 15 is 0 Å². The molecule has 1 fully saturated rings. The van der Waals surface area contributed by atoms with Gasteiger partial charge in [0.05, 0.1) is 18.3 Å². The molecule has 36 heavy (non-hydrogen) atoms. The summed E-state index contributed by atoms with van der Waals surface area (Å²) >= 11 is 1.52. The highest BCUT2D eigenvalue weighted by Crippen LogP contribution is 2.40. The lowest BCUT2D eigenvalue weighted by Gasteiger charge is -2.35. The zero-order valence-electron chi connectivity index (χ0n) is 21.7. The highest BCUT2D eigenvalue weighted by Gasteiger charge is 2.50. The van der Waals surface area contributed by atoms with E-state index in [9.17, 15) is 14.4 Å². The van der Waals surface area contributed by atoms with Crippen LogP contribution >= 0.6 is 11.8 Å². The Balaban J connectivity index is 1.86. The molecule has 0 unspecified atom stereocenters. The Hall–Kier alpha value is -2.84. The number of hydrogen-bond donors (Lipinski definition) is 2. The maximum atomic E-state index is 13.9. The number of carbonyl (C=O) groups excluding carboxylic acids is 3. The Morgan fingerprint density at radius 1 is 1.06 bits per heavy atom. The molecular weight excluding hydrogens is 474 g/mol. The fraction of sp³-hybridized carbons (Fsp3) is 0.464. The summed E-state index contributed by atoms with van der Waals surface area (Å²) < 4.78 is 5.24. The highest BCUT2D eigenvalue weighted by atomic mass is 32.2. The van der Waals surface area contributed by atoms with Crippen molar-refractivity contribution >= 4 is 29.5 Å². The Labute approximate surface area is 218 Å². The van der Waals surface area contributed by atoms with E-state index in [-0.39, 0.29) is 12.3 Å². The van der Waals surface area contributed by atoms with Gasteiger partial charge in [-0.05, 0) is 52.2 Å². The van der Waals surface area contributed by atoms with Gasteiger partial charge in [-0.25, -0.2) is 0 Å². The molecule has 2 aromatic rings. The largest absolute Gasteiger partial charge is 0.450 e. The van der Waals surface area contributed by atoms with Crippen LogP contribution in [-0.2, 0) is 32.0 Å². The second kappa shape index (κ2) is 11.5. The standard InChI is InChI=1S/C28H37N3O4S/c1-27(2,3)30-25(33)24-28(4,5)36-18-31(24)26(34)23(21(29)16-19-12-8-6-9-13-19)35-22(32)17-20-14-10-7-11-15-20/h6-15,21,23-24H,16-18,29H2,1-5H3,(H,30,33)/t21-,23-,24+/m0/s1. The van der Waals surface area contributed by atoms with Crippen LogP contribution < -0.4 is 11.1 Å². The van der Waals surface area contributed by atoms with Crippen LogP contribution in [0.1, 0.15) is 45.7 Å². The fourth-order valence-electron chi connectivity index (χ4n) is 4.27. The first-order valence-electron chi connectivity index (χ1n) is 12.2. The van der Waals surface area contributed by atoms with Gasteiger partial charge in [-0.15, -0.1) is 11.8 Å². The summed E-state index contributed by atoms with van der Waals surface area (Å²) in [7, 11) is 0. The minimum Gasteiger partial charge on any atom is -0.450 e. The Morgan fingerprint density at radius 2 is 1.61 bits per heavy atom. The molecule has 3 atom stereocenters. The van der Waals surface area contributed by atoms with E-state index in [2.05, 4.69) is 5.32 Å². The van der Waals surface area contributed by atoms with Crippen LogP contribution in [0.3, 0.4) is 0 Å². The first-order valence-corrected chi connectivity index (χ1v) is 13.2. The lowest BCUT2D eigenvalue weighted by atomic mass is 9.96. The van der Waals surface area contributed by atoms with Crippen molar-refractivity contribution in [2.24, 2.45) is 5.73 Å². The van der Waals surface area contributed by atoms with Crippen molar-refractivity contribution in [3.63, 3.8) is 0 Å². The summed E-state index contributed by atoms with van der Waals surface area (Å²) in [6.07, 6.45) is -0.850. The molecule has 0 aromatic heterocycles. The fourth-order valence-corrected chi connectivity index (χ4v) is 5.41. The summed E-state index contributed by atoms with van der Waals surface area (Å²) in [6, 6.07) is 17.2. The van der Waals surface area contributed by atoms with Crippen molar-refractivity contribution in [2.45, 2.75) is 75.9 Å². The number of thioether (sulfide) groups is 1. The van der Waals surface area contributed by atoms with E-state index in [1.165, 1.54) is 16.7 Å². The average molecular weight is 512 g/mol. The number of carbonyl (C=O) groups is 3. The number of esters is 1. The van der Waals surface area contributed by atoms with Crippen molar-refractivity contribution in [2.75, 3.05) is 5.88 Å². The van der Waals surface area contributed by atoms with Gasteiger partial charge in [0.1, 0.15) is 6.04 Å². The van der Waals surface area contributed by atoms with Crippen LogP contribution in [0.2, 0.25) is 0 Å². The predicted octanol–water partition coefficient (Wildman–Crippen LogP) is 3.31. The molecule has 0 saturated carbocycles. The number of hydrogen-bond acceptors (Lipinski definition) is 6. The van der Waals surface area contributed by atoms with Crippen LogP contribution in [-0.4, -0.2) is 57.0 Å². The molecule has 1 aliphatic rings. The Morgan fingerprint density at radius 3 is 2.17 bits per heavy atom. The number of nitrogens with two attached hydrogens (primary N) is 1. The summed E-state index contributed by atoms with van der Waals surface area (Å²) in [5.74, 6) is -0.924. The lowest BCUT2D eigenvalue weighted by molar-refractivity contribution is -0.162. The summed E-state index contributed by atoms with van der Waals surface area (Å²) in [6.45, 7) is 9.58. The number of benzene rings is 2. The third-order valence-corrected chi connectivity index (χ3v) is 7.35. The maximum Gasteiger partial charge on any atom is 0.311 e. The van der Waals surface area contributed by atoms with E-state index in [1.54, 1.807) is 0 Å². The molecule has 0 aliphatic carbocycles. The maximum absolute atomic E-state index is 13.9. The molecule has 2 amide bonds. The smallest absolute Gasteiger partial charge is 0.311 e. The monoisotopic (exact) mass is 511 g/mol. The van der Waals surface area contributed by atoms with Crippen LogP contribution in [0.5, 0.6) is 0 Å². The Kier molecular flexibility index (Phi) is 8.84. The van der Waals surface area contributed by atoms with Crippen molar-refractivity contribution in [3.8, 4) is 0 Å². The van der Waals surface area contributed by atoms with E-state index in [0.29, 0.717) is 12.3 Å². The lowest BCUT2D eigenvalue weighted by Crippen LogP contribution is -2.60. The molecule has 3 N–H and O–H groups in total. The third-order valence-electron chi connectivity index (χ3n) is 5.97. The van der Waals surface area contributed by atoms with Crippen molar-refractivity contribution in [3.05, 3.63) is 71.8 Å². The van der Waals surface area contributed by atoms with Crippen LogP contribution in [0.25, 0.3) is 0 Å². The molecule has 194 valence electrons. The molecule has 7 nitrogen and oxygen atoms in total. The van der Waals surface area contributed by atoms with E-state index in [4.69, 9.17) is 10.5 Å². The molecule has 8 heteroatoms. The van der Waals surface area contributed by atoms with Gasteiger partial charge in [0, 0.05) is 10.3 Å². The van der Waals surface area contributed by atoms with Gasteiger partial charge in [-0.2, -0.15) is 0 Å². The normalized spacial score (nSPS) is 18.8. The minimum absolute atomic E-state index is 0.0247. The first kappa shape index (κ1) is 27.7. The predicted molar refractivity (Wildman–Crippen MR) is 143 cm³/mol. The first-order chi connectivity index (χ1) is 16.9. The quantitative estimate of drug-likeness (QED) is 0.528. The van der Waals surface area contributed by atoms with Gasteiger partial charge >= 0.3 is 5.97 Å². The topological polar surface area (TPSA) is 102 Å². The van der Waals surface area contributed by atoms with Crippen LogP contribution in [0.4, 0.5) is 0 Å². The van der Waals surface area contributed by atoms with Crippen molar-refractivity contribution in [1.82, 2.24) is 10.2 Å². The van der Waals surface area contributed by atoms with Gasteiger partial charge in [-0.3, -0.25) is 14.4 Å². The van der Waals surface area contributed by atoms with E-state index < -0.39 is 40.4 Å². The summed E-state index contributed by atoms with van der Waals surface area (Å²) in [4.78, 5) is 41.6. The molecular formula is C28H37N3O4S. The Bertz CT molecular complexity index is 1050. The molecule has 1 saturated heterocycles. The average Bonchev–Trinajstić information content (AvgIpc) is 3.12. The highest BCUT2D eigenvalue weighted by molar-refractivity contribution is 8.00. The van der Waals surface area contributed by atoms with E-state index in [0.717, 1.165) is 11.1 Å². The minimum atomic E-state index is -1.22. The second-order valence-corrected chi connectivity index (χ2v) is 12.4. The van der Waals surface area contributed by atoms with Gasteiger partial charge in [0.15, 0.2) is 6.10 Å². The van der Waals surface area contributed by atoms with E-state index in [1.807, 2.05) is 95.3 Å². The van der Waals surface area contributed by atoms with Gasteiger partial charge in [0.2, 0.25) is 5.91 Å². The van der Waals surface area contributed by atoms with Crippen molar-refractivity contribution < 1.29 is 19.1 Å². The number of rotatable bonds is 8. The molecule has 3 rings (SSSR count). The molecule has 2 aromatic carbocycles. The molecule has 1 heterocycles. The van der Waals surface area contributed by atoms with Crippen molar-refractivity contribution in [1.29, 1.82) is 0 Å². The number of nitrogens with zero attached hydrogens (tertiary/aromatic N) is 1.